The van der Waals surface area contributed by atoms with Gasteiger partial charge in [0.25, 0.3) is 0 Å². The molecule has 5 nitrogen and oxygen atoms in total. The third-order valence-electron chi connectivity index (χ3n) is 3.55. The molecule has 0 radical (unpaired) electrons. The van der Waals surface area contributed by atoms with Gasteiger partial charge in [-0.1, -0.05) is 12.1 Å². The Hall–Kier alpha value is -2.80. The van der Waals surface area contributed by atoms with Crippen LogP contribution in [-0.4, -0.2) is 22.9 Å². The highest BCUT2D eigenvalue weighted by atomic mass is 32.1. The predicted molar refractivity (Wildman–Crippen MR) is 98.2 cm³/mol. The van der Waals surface area contributed by atoms with Crippen LogP contribution in [0.3, 0.4) is 0 Å². The van der Waals surface area contributed by atoms with Crippen LogP contribution in [0.1, 0.15) is 12.0 Å². The number of aromatic nitrogens is 2. The average molecular weight is 356 g/mol. The molecule has 0 aliphatic carbocycles. The molecule has 128 valence electrons. The molecule has 0 unspecified atom stereocenters. The number of rotatable bonds is 6. The van der Waals surface area contributed by atoms with Gasteiger partial charge in [-0.3, -0.25) is 4.79 Å². The Morgan fingerprint density at radius 1 is 1.16 bits per heavy atom. The molecule has 0 spiro atoms. The van der Waals surface area contributed by atoms with E-state index < -0.39 is 0 Å². The van der Waals surface area contributed by atoms with Crippen LogP contribution in [0, 0.1) is 5.82 Å². The van der Waals surface area contributed by atoms with Crippen LogP contribution in [-0.2, 0) is 11.2 Å². The zero-order valence-electron chi connectivity index (χ0n) is 13.6. The van der Waals surface area contributed by atoms with E-state index in [0.717, 1.165) is 21.1 Å². The second-order valence-corrected chi connectivity index (χ2v) is 6.44. The number of aryl methyl sites for hydroxylation is 1. The van der Waals surface area contributed by atoms with E-state index in [1.165, 1.54) is 23.5 Å². The number of amides is 1. The van der Waals surface area contributed by atoms with Crippen LogP contribution < -0.4 is 10.6 Å². The summed E-state index contributed by atoms with van der Waals surface area (Å²) in [4.78, 5) is 21.5. The molecule has 0 bridgehead atoms. The monoisotopic (exact) mass is 356 g/mol. The zero-order chi connectivity index (χ0) is 17.6. The first-order valence-electron chi connectivity index (χ1n) is 7.79. The standard InChI is InChI=1S/C18H17FN4OS/c1-20-18-21-11-10-14(22-18)15-7-9-17(25-15)23-16(24)8-4-12-2-5-13(19)6-3-12/h2-3,5-7,9-11H,4,8H2,1H3,(H,23,24)(H,20,21,22). The predicted octanol–water partition coefficient (Wildman–Crippen LogP) is 3.96. The van der Waals surface area contributed by atoms with Crippen LogP contribution in [0.5, 0.6) is 0 Å². The fourth-order valence-electron chi connectivity index (χ4n) is 2.27. The maximum Gasteiger partial charge on any atom is 0.225 e. The van der Waals surface area contributed by atoms with Crippen molar-refractivity contribution in [1.29, 1.82) is 0 Å². The topological polar surface area (TPSA) is 66.9 Å². The normalized spacial score (nSPS) is 10.5. The minimum atomic E-state index is -0.273. The lowest BCUT2D eigenvalue weighted by atomic mass is 10.1. The van der Waals surface area contributed by atoms with Gasteiger partial charge in [-0.05, 0) is 42.3 Å². The fourth-order valence-corrected chi connectivity index (χ4v) is 3.16. The summed E-state index contributed by atoms with van der Waals surface area (Å²) in [7, 11) is 1.76. The summed E-state index contributed by atoms with van der Waals surface area (Å²) < 4.78 is 12.9. The van der Waals surface area contributed by atoms with Crippen molar-refractivity contribution >= 4 is 28.2 Å². The first kappa shape index (κ1) is 17.0. The maximum atomic E-state index is 12.9. The van der Waals surface area contributed by atoms with Crippen LogP contribution in [0.15, 0.2) is 48.7 Å². The highest BCUT2D eigenvalue weighted by Gasteiger charge is 2.08. The number of benzene rings is 1. The molecule has 1 amide bonds. The summed E-state index contributed by atoms with van der Waals surface area (Å²) >= 11 is 1.46. The number of carbonyl (C=O) groups excluding carboxylic acids is 1. The van der Waals surface area contributed by atoms with Crippen molar-refractivity contribution in [2.24, 2.45) is 0 Å². The molecule has 7 heteroatoms. The number of carbonyl (C=O) groups is 1. The van der Waals surface area contributed by atoms with Gasteiger partial charge in [0.05, 0.1) is 15.6 Å². The number of anilines is 2. The summed E-state index contributed by atoms with van der Waals surface area (Å²) in [5.74, 6) is 0.206. The van der Waals surface area contributed by atoms with Gasteiger partial charge in [0.2, 0.25) is 11.9 Å². The first-order valence-corrected chi connectivity index (χ1v) is 8.61. The van der Waals surface area contributed by atoms with Gasteiger partial charge in [0.15, 0.2) is 0 Å². The molecule has 2 aromatic heterocycles. The molecule has 3 aromatic rings. The molecular weight excluding hydrogens is 339 g/mol. The second kappa shape index (κ2) is 7.85. The molecule has 1 aromatic carbocycles. The summed E-state index contributed by atoms with van der Waals surface area (Å²) in [5.41, 5.74) is 1.74. The lowest BCUT2D eigenvalue weighted by molar-refractivity contribution is -0.116. The minimum Gasteiger partial charge on any atom is -0.357 e. The Morgan fingerprint density at radius 3 is 2.72 bits per heavy atom. The van der Waals surface area contributed by atoms with E-state index in [1.54, 1.807) is 25.4 Å². The van der Waals surface area contributed by atoms with Crippen molar-refractivity contribution in [1.82, 2.24) is 9.97 Å². The molecule has 0 saturated heterocycles. The number of nitrogens with zero attached hydrogens (tertiary/aromatic N) is 2. The highest BCUT2D eigenvalue weighted by Crippen LogP contribution is 2.30. The SMILES string of the molecule is CNc1nccc(-c2ccc(NC(=O)CCc3ccc(F)cc3)s2)n1. The summed E-state index contributed by atoms with van der Waals surface area (Å²) in [6.45, 7) is 0. The van der Waals surface area contributed by atoms with Gasteiger partial charge < -0.3 is 10.6 Å². The van der Waals surface area contributed by atoms with E-state index in [2.05, 4.69) is 20.6 Å². The maximum absolute atomic E-state index is 12.9. The van der Waals surface area contributed by atoms with Crippen molar-refractivity contribution in [2.45, 2.75) is 12.8 Å². The third-order valence-corrected chi connectivity index (χ3v) is 4.58. The summed E-state index contributed by atoms with van der Waals surface area (Å²) in [6.07, 6.45) is 2.60. The van der Waals surface area contributed by atoms with E-state index in [4.69, 9.17) is 0 Å². The Morgan fingerprint density at radius 2 is 1.96 bits per heavy atom. The van der Waals surface area contributed by atoms with Crippen LogP contribution in [0.2, 0.25) is 0 Å². The Bertz CT molecular complexity index is 864. The molecule has 2 heterocycles. The fraction of sp³-hybridized carbons (Fsp3) is 0.167. The molecule has 0 fully saturated rings. The molecule has 3 rings (SSSR count). The lowest BCUT2D eigenvalue weighted by Gasteiger charge is -2.03. The molecule has 25 heavy (non-hydrogen) atoms. The van der Waals surface area contributed by atoms with E-state index in [0.29, 0.717) is 18.8 Å². The number of hydrogen-bond acceptors (Lipinski definition) is 5. The summed E-state index contributed by atoms with van der Waals surface area (Å²) in [6, 6.07) is 11.8. The van der Waals surface area contributed by atoms with Gasteiger partial charge >= 0.3 is 0 Å². The minimum absolute atomic E-state index is 0.0728. The third kappa shape index (κ3) is 4.60. The van der Waals surface area contributed by atoms with E-state index in [9.17, 15) is 9.18 Å². The van der Waals surface area contributed by atoms with Crippen molar-refractivity contribution in [2.75, 3.05) is 17.7 Å². The molecule has 2 N–H and O–H groups in total. The van der Waals surface area contributed by atoms with E-state index >= 15 is 0 Å². The quantitative estimate of drug-likeness (QED) is 0.702. The number of hydrogen-bond donors (Lipinski definition) is 2. The van der Waals surface area contributed by atoms with Crippen LogP contribution in [0.25, 0.3) is 10.6 Å². The molecular formula is C18H17FN4OS. The van der Waals surface area contributed by atoms with Gasteiger partial charge in [-0.25, -0.2) is 14.4 Å². The molecule has 0 saturated carbocycles. The Kier molecular flexibility index (Phi) is 5.35. The van der Waals surface area contributed by atoms with E-state index in [1.807, 2.05) is 18.2 Å². The van der Waals surface area contributed by atoms with Crippen molar-refractivity contribution in [3.05, 3.63) is 60.0 Å². The van der Waals surface area contributed by atoms with Gasteiger partial charge in [-0.2, -0.15) is 0 Å². The van der Waals surface area contributed by atoms with E-state index in [-0.39, 0.29) is 11.7 Å². The highest BCUT2D eigenvalue weighted by molar-refractivity contribution is 7.19. The van der Waals surface area contributed by atoms with Gasteiger partial charge in [-0.15, -0.1) is 11.3 Å². The van der Waals surface area contributed by atoms with Crippen molar-refractivity contribution < 1.29 is 9.18 Å². The number of nitrogens with one attached hydrogen (secondary N) is 2. The Balaban J connectivity index is 1.58. The molecule has 0 atom stereocenters. The average Bonchev–Trinajstić information content (AvgIpc) is 3.10. The number of halogens is 1. The zero-order valence-corrected chi connectivity index (χ0v) is 14.4. The lowest BCUT2D eigenvalue weighted by Crippen LogP contribution is -2.11. The van der Waals surface area contributed by atoms with Gasteiger partial charge in [0.1, 0.15) is 5.82 Å². The summed E-state index contributed by atoms with van der Waals surface area (Å²) in [5, 5.41) is 6.56. The Labute approximate surface area is 149 Å². The van der Waals surface area contributed by atoms with Crippen molar-refractivity contribution in [3.8, 4) is 10.6 Å². The van der Waals surface area contributed by atoms with Crippen LogP contribution in [0.4, 0.5) is 15.3 Å². The number of thiophene rings is 1. The molecule has 0 aliphatic rings. The van der Waals surface area contributed by atoms with Crippen LogP contribution >= 0.6 is 11.3 Å². The van der Waals surface area contributed by atoms with Gasteiger partial charge in [0, 0.05) is 19.7 Å². The van der Waals surface area contributed by atoms with Crippen molar-refractivity contribution in [3.63, 3.8) is 0 Å². The molecule has 0 aliphatic heterocycles. The largest absolute Gasteiger partial charge is 0.357 e. The first-order chi connectivity index (χ1) is 12.1. The smallest absolute Gasteiger partial charge is 0.225 e. The second-order valence-electron chi connectivity index (χ2n) is 5.35.